The predicted octanol–water partition coefficient (Wildman–Crippen LogP) is 3.82. The fourth-order valence-corrected chi connectivity index (χ4v) is 4.31. The van der Waals surface area contributed by atoms with E-state index in [1.165, 1.54) is 19.3 Å². The third-order valence-corrected chi connectivity index (χ3v) is 6.37. The smallest absolute Gasteiger partial charge is 0.273 e. The summed E-state index contributed by atoms with van der Waals surface area (Å²) >= 11 is 0. The van der Waals surface area contributed by atoms with E-state index >= 15 is 0 Å². The van der Waals surface area contributed by atoms with Crippen LogP contribution >= 0.6 is 0 Å². The number of hydrogen-bond donors (Lipinski definition) is 1. The normalized spacial score (nSPS) is 22.1. The monoisotopic (exact) mass is 361 g/mol. The first-order chi connectivity index (χ1) is 12.2. The molecule has 146 valence electrons. The lowest BCUT2D eigenvalue weighted by Crippen LogP contribution is -2.53. The molecule has 2 heterocycles. The Morgan fingerprint density at radius 1 is 1.19 bits per heavy atom. The van der Waals surface area contributed by atoms with Crippen molar-refractivity contribution < 1.29 is 9.32 Å². The van der Waals surface area contributed by atoms with E-state index in [1.54, 1.807) is 0 Å². The van der Waals surface area contributed by atoms with Gasteiger partial charge >= 0.3 is 0 Å². The van der Waals surface area contributed by atoms with Gasteiger partial charge < -0.3 is 9.84 Å². The molecule has 1 saturated heterocycles. The summed E-state index contributed by atoms with van der Waals surface area (Å²) in [7, 11) is 0. The summed E-state index contributed by atoms with van der Waals surface area (Å²) in [6.45, 7) is 14.1. The summed E-state index contributed by atoms with van der Waals surface area (Å²) in [5, 5.41) is 7.25. The molecule has 3 rings (SSSR count). The molecule has 26 heavy (non-hydrogen) atoms. The Kier molecular flexibility index (Phi) is 5.48. The average Bonchev–Trinajstić information content (AvgIpc) is 3.03. The average molecular weight is 362 g/mol. The molecule has 0 radical (unpaired) electrons. The van der Waals surface area contributed by atoms with Crippen LogP contribution in [0.3, 0.4) is 0 Å². The Morgan fingerprint density at radius 3 is 2.54 bits per heavy atom. The van der Waals surface area contributed by atoms with Crippen LogP contribution in [-0.4, -0.2) is 41.1 Å². The van der Waals surface area contributed by atoms with Gasteiger partial charge in [-0.15, -0.1) is 0 Å². The van der Waals surface area contributed by atoms with Crippen LogP contribution in [-0.2, 0) is 12.8 Å². The fourth-order valence-electron chi connectivity index (χ4n) is 4.31. The van der Waals surface area contributed by atoms with Crippen molar-refractivity contribution in [2.24, 2.45) is 11.3 Å². The zero-order valence-corrected chi connectivity index (χ0v) is 17.2. The molecule has 1 fully saturated rings. The molecule has 1 aliphatic heterocycles. The molecule has 1 aliphatic carbocycles. The lowest BCUT2D eigenvalue weighted by Gasteiger charge is -2.41. The number of carbonyl (C=O) groups is 1. The van der Waals surface area contributed by atoms with Gasteiger partial charge in [0.05, 0.1) is 0 Å². The zero-order valence-electron chi connectivity index (χ0n) is 17.2. The van der Waals surface area contributed by atoms with Gasteiger partial charge in [-0.1, -0.05) is 32.3 Å². The minimum Gasteiger partial charge on any atom is -0.360 e. The zero-order chi connectivity index (χ0) is 18.9. The number of likely N-dealkylation sites (tertiary alicyclic amines) is 1. The number of carbonyl (C=O) groups excluding carboxylic acids is 1. The largest absolute Gasteiger partial charge is 0.360 e. The Labute approximate surface area is 157 Å². The van der Waals surface area contributed by atoms with E-state index in [0.717, 1.165) is 43.7 Å². The van der Waals surface area contributed by atoms with Gasteiger partial charge in [0.15, 0.2) is 5.69 Å². The highest BCUT2D eigenvalue weighted by molar-refractivity contribution is 5.93. The SMILES string of the molecule is CC(C)(C)[C@@H]1CCc2onc(C(=O)NCC(C)(C)N3CCCCC3)c2C1. The third kappa shape index (κ3) is 4.13. The van der Waals surface area contributed by atoms with Crippen molar-refractivity contribution in [3.8, 4) is 0 Å². The standard InChI is InChI=1S/C21H35N3O2/c1-20(2,3)15-9-10-17-16(13-15)18(23-26-17)19(25)22-14-21(4,5)24-11-7-6-8-12-24/h15H,6-14H2,1-5H3,(H,22,25)/t15-/m1/s1. The summed E-state index contributed by atoms with van der Waals surface area (Å²) in [5.41, 5.74) is 1.74. The third-order valence-electron chi connectivity index (χ3n) is 6.37. The molecule has 5 heteroatoms. The van der Waals surface area contributed by atoms with Crippen LogP contribution in [0.25, 0.3) is 0 Å². The molecule has 1 N–H and O–H groups in total. The highest BCUT2D eigenvalue weighted by Crippen LogP contribution is 2.38. The maximum atomic E-state index is 12.8. The summed E-state index contributed by atoms with van der Waals surface area (Å²) in [6, 6.07) is 0. The van der Waals surface area contributed by atoms with Crippen LogP contribution in [0.4, 0.5) is 0 Å². The van der Waals surface area contributed by atoms with E-state index in [1.807, 2.05) is 0 Å². The number of rotatable bonds is 4. The molecule has 0 saturated carbocycles. The molecule has 0 unspecified atom stereocenters. The lowest BCUT2D eigenvalue weighted by molar-refractivity contribution is 0.0791. The second-order valence-electron chi connectivity index (χ2n) is 9.78. The van der Waals surface area contributed by atoms with E-state index in [9.17, 15) is 4.79 Å². The molecule has 1 atom stereocenters. The van der Waals surface area contributed by atoms with E-state index < -0.39 is 0 Å². The number of piperidine rings is 1. The van der Waals surface area contributed by atoms with E-state index in [4.69, 9.17) is 4.52 Å². The summed E-state index contributed by atoms with van der Waals surface area (Å²) in [5.74, 6) is 1.38. The van der Waals surface area contributed by atoms with Crippen LogP contribution in [0.5, 0.6) is 0 Å². The number of fused-ring (bicyclic) bond motifs is 1. The molecule has 0 bridgehead atoms. The van der Waals surface area contributed by atoms with Crippen LogP contribution < -0.4 is 5.32 Å². The molecular formula is C21H35N3O2. The molecule has 1 aromatic rings. The van der Waals surface area contributed by atoms with Crippen LogP contribution in [0, 0.1) is 11.3 Å². The van der Waals surface area contributed by atoms with Crippen LogP contribution in [0.15, 0.2) is 4.52 Å². The van der Waals surface area contributed by atoms with Gasteiger partial charge in [0.1, 0.15) is 5.76 Å². The summed E-state index contributed by atoms with van der Waals surface area (Å²) in [4.78, 5) is 15.3. The Morgan fingerprint density at radius 2 is 1.88 bits per heavy atom. The Balaban J connectivity index is 1.65. The van der Waals surface area contributed by atoms with Crippen LogP contribution in [0.1, 0.15) is 82.1 Å². The Bertz CT molecular complexity index is 636. The van der Waals surface area contributed by atoms with Gasteiger partial charge in [-0.3, -0.25) is 9.69 Å². The molecular weight excluding hydrogens is 326 g/mol. The minimum absolute atomic E-state index is 0.0339. The molecule has 5 nitrogen and oxygen atoms in total. The second-order valence-corrected chi connectivity index (χ2v) is 9.78. The fraction of sp³-hybridized carbons (Fsp3) is 0.810. The van der Waals surface area contributed by atoms with E-state index in [-0.39, 0.29) is 16.9 Å². The number of amides is 1. The van der Waals surface area contributed by atoms with Crippen molar-refractivity contribution >= 4 is 5.91 Å². The van der Waals surface area contributed by atoms with Crippen molar-refractivity contribution in [2.45, 2.75) is 78.7 Å². The lowest BCUT2D eigenvalue weighted by atomic mass is 9.71. The molecule has 1 aromatic heterocycles. The second kappa shape index (κ2) is 7.34. The van der Waals surface area contributed by atoms with Crippen molar-refractivity contribution in [1.29, 1.82) is 0 Å². The van der Waals surface area contributed by atoms with Crippen molar-refractivity contribution in [1.82, 2.24) is 15.4 Å². The maximum Gasteiger partial charge on any atom is 0.273 e. The van der Waals surface area contributed by atoms with Crippen LogP contribution in [0.2, 0.25) is 0 Å². The van der Waals surface area contributed by atoms with E-state index in [0.29, 0.717) is 18.2 Å². The van der Waals surface area contributed by atoms with Gasteiger partial charge in [0, 0.05) is 24.1 Å². The van der Waals surface area contributed by atoms with Gasteiger partial charge in [-0.05, 0) is 64.0 Å². The number of aryl methyl sites for hydroxylation is 1. The molecule has 0 aromatic carbocycles. The number of nitrogens with one attached hydrogen (secondary N) is 1. The summed E-state index contributed by atoms with van der Waals surface area (Å²) < 4.78 is 5.50. The first-order valence-electron chi connectivity index (χ1n) is 10.2. The van der Waals surface area contributed by atoms with Gasteiger partial charge in [0.25, 0.3) is 5.91 Å². The highest BCUT2D eigenvalue weighted by atomic mass is 16.5. The molecule has 0 spiro atoms. The van der Waals surface area contributed by atoms with Gasteiger partial charge in [0.2, 0.25) is 0 Å². The van der Waals surface area contributed by atoms with Gasteiger partial charge in [-0.2, -0.15) is 0 Å². The molecule has 2 aliphatic rings. The quantitative estimate of drug-likeness (QED) is 0.886. The first-order valence-corrected chi connectivity index (χ1v) is 10.2. The van der Waals surface area contributed by atoms with Crippen molar-refractivity contribution in [3.63, 3.8) is 0 Å². The Hall–Kier alpha value is -1.36. The van der Waals surface area contributed by atoms with E-state index in [2.05, 4.69) is 50.0 Å². The minimum atomic E-state index is -0.0883. The maximum absolute atomic E-state index is 12.8. The molecule has 1 amide bonds. The number of aromatic nitrogens is 1. The summed E-state index contributed by atoms with van der Waals surface area (Å²) in [6.07, 6.45) is 6.70. The van der Waals surface area contributed by atoms with Gasteiger partial charge in [-0.25, -0.2) is 0 Å². The highest BCUT2D eigenvalue weighted by Gasteiger charge is 2.35. The number of nitrogens with zero attached hydrogens (tertiary/aromatic N) is 2. The van der Waals surface area contributed by atoms with Crippen molar-refractivity contribution in [3.05, 3.63) is 17.0 Å². The topological polar surface area (TPSA) is 58.4 Å². The first kappa shape index (κ1) is 19.4. The van der Waals surface area contributed by atoms with Crippen molar-refractivity contribution in [2.75, 3.05) is 19.6 Å². The number of hydrogen-bond acceptors (Lipinski definition) is 4. The predicted molar refractivity (Wildman–Crippen MR) is 103 cm³/mol.